The zero-order chi connectivity index (χ0) is 13.8. The van der Waals surface area contributed by atoms with Gasteiger partial charge in [0.05, 0.1) is 28.5 Å². The molecule has 1 N–H and O–H groups in total. The number of aromatic nitrogens is 2. The topological polar surface area (TPSA) is 55.2 Å². The van der Waals surface area contributed by atoms with Gasteiger partial charge in [-0.05, 0) is 19.1 Å². The largest absolute Gasteiger partial charge is 0.492 e. The van der Waals surface area contributed by atoms with Gasteiger partial charge in [-0.15, -0.1) is 0 Å². The van der Waals surface area contributed by atoms with E-state index in [1.165, 1.54) is 12.3 Å². The summed E-state index contributed by atoms with van der Waals surface area (Å²) in [5.74, 6) is 0.587. The molecule has 0 saturated carbocycles. The van der Waals surface area contributed by atoms with E-state index in [-0.39, 0.29) is 0 Å². The number of ether oxygens (including phenoxy) is 1. The molecule has 0 amide bonds. The van der Waals surface area contributed by atoms with Gasteiger partial charge in [0.2, 0.25) is 0 Å². The summed E-state index contributed by atoms with van der Waals surface area (Å²) in [6.45, 7) is 2.40. The zero-order valence-corrected chi connectivity index (χ0v) is 11.7. The molecule has 0 aromatic carbocycles. The number of aliphatic hydroxyl groups excluding tert-OH is 1. The van der Waals surface area contributed by atoms with Crippen molar-refractivity contribution in [1.82, 2.24) is 9.97 Å². The van der Waals surface area contributed by atoms with Gasteiger partial charge in [0.25, 0.3) is 0 Å². The molecule has 0 aliphatic heterocycles. The van der Waals surface area contributed by atoms with E-state index in [9.17, 15) is 5.11 Å². The van der Waals surface area contributed by atoms with Gasteiger partial charge in [0.1, 0.15) is 11.9 Å². The molecule has 2 rings (SSSR count). The summed E-state index contributed by atoms with van der Waals surface area (Å²) in [5, 5.41) is 11.0. The normalized spacial score (nSPS) is 12.2. The Morgan fingerprint density at radius 1 is 1.26 bits per heavy atom. The maximum absolute atomic E-state index is 10.3. The number of hydrogen-bond acceptors (Lipinski definition) is 4. The first-order valence-electron chi connectivity index (χ1n) is 5.68. The molecule has 1 unspecified atom stereocenters. The summed E-state index contributed by atoms with van der Waals surface area (Å²) in [5.41, 5.74) is 0.893. The van der Waals surface area contributed by atoms with E-state index < -0.39 is 6.10 Å². The third-order valence-corrected chi connectivity index (χ3v) is 2.97. The second-order valence-electron chi connectivity index (χ2n) is 3.81. The van der Waals surface area contributed by atoms with Crippen LogP contribution in [0.3, 0.4) is 0 Å². The van der Waals surface area contributed by atoms with Crippen LogP contribution in [-0.4, -0.2) is 21.7 Å². The Morgan fingerprint density at radius 2 is 2.05 bits per heavy atom. The number of nitrogens with zero attached hydrogens (tertiary/aromatic N) is 2. The Bertz CT molecular complexity index is 578. The molecule has 1 atom stereocenters. The van der Waals surface area contributed by atoms with E-state index in [2.05, 4.69) is 9.97 Å². The Kier molecular flexibility index (Phi) is 4.58. The van der Waals surface area contributed by atoms with Gasteiger partial charge in [-0.1, -0.05) is 23.2 Å². The van der Waals surface area contributed by atoms with Crippen molar-refractivity contribution in [2.24, 2.45) is 0 Å². The number of hydrogen-bond donors (Lipinski definition) is 1. The minimum atomic E-state index is -0.974. The average molecular weight is 299 g/mol. The lowest BCUT2D eigenvalue weighted by atomic mass is 10.1. The summed E-state index contributed by atoms with van der Waals surface area (Å²) in [6, 6.07) is 3.24. The van der Waals surface area contributed by atoms with Crippen molar-refractivity contribution < 1.29 is 9.84 Å². The molecule has 2 aromatic heterocycles. The van der Waals surface area contributed by atoms with Crippen molar-refractivity contribution >= 4 is 23.2 Å². The summed E-state index contributed by atoms with van der Waals surface area (Å²) in [4.78, 5) is 8.06. The number of rotatable bonds is 4. The van der Waals surface area contributed by atoms with Crippen LogP contribution in [0.25, 0.3) is 0 Å². The van der Waals surface area contributed by atoms with Crippen LogP contribution >= 0.6 is 23.2 Å². The van der Waals surface area contributed by atoms with Crippen molar-refractivity contribution in [2.75, 3.05) is 6.61 Å². The van der Waals surface area contributed by atoms with Crippen LogP contribution in [0.1, 0.15) is 24.3 Å². The van der Waals surface area contributed by atoms with Crippen molar-refractivity contribution in [3.8, 4) is 5.75 Å². The molecule has 4 nitrogen and oxygen atoms in total. The number of pyridine rings is 2. The molecule has 0 aliphatic carbocycles. The van der Waals surface area contributed by atoms with E-state index in [4.69, 9.17) is 27.9 Å². The number of aliphatic hydroxyl groups is 1. The molecule has 0 radical (unpaired) electrons. The quantitative estimate of drug-likeness (QED) is 0.941. The van der Waals surface area contributed by atoms with E-state index in [0.717, 1.165) is 0 Å². The third-order valence-electron chi connectivity index (χ3n) is 2.46. The highest BCUT2D eigenvalue weighted by Gasteiger charge is 2.17. The first kappa shape index (κ1) is 14.1. The Hall–Kier alpha value is -1.36. The van der Waals surface area contributed by atoms with Crippen LogP contribution in [0, 0.1) is 0 Å². The van der Waals surface area contributed by atoms with Crippen molar-refractivity contribution in [2.45, 2.75) is 13.0 Å². The maximum Gasteiger partial charge on any atom is 0.137 e. The Morgan fingerprint density at radius 3 is 2.74 bits per heavy atom. The van der Waals surface area contributed by atoms with Gasteiger partial charge in [0.15, 0.2) is 0 Å². The van der Waals surface area contributed by atoms with Gasteiger partial charge in [-0.25, -0.2) is 0 Å². The van der Waals surface area contributed by atoms with Crippen LogP contribution in [0.2, 0.25) is 10.0 Å². The van der Waals surface area contributed by atoms with Gasteiger partial charge < -0.3 is 9.84 Å². The zero-order valence-electron chi connectivity index (χ0n) is 10.2. The summed E-state index contributed by atoms with van der Waals surface area (Å²) in [6.07, 6.45) is 3.58. The van der Waals surface area contributed by atoms with E-state index in [1.54, 1.807) is 18.5 Å². The molecular formula is C13H12Cl2N2O2. The Balaban J connectivity index is 2.32. The van der Waals surface area contributed by atoms with Crippen LogP contribution in [0.4, 0.5) is 0 Å². The Labute approximate surface area is 121 Å². The second kappa shape index (κ2) is 6.19. The highest BCUT2D eigenvalue weighted by atomic mass is 35.5. The fourth-order valence-electron chi connectivity index (χ4n) is 1.61. The smallest absolute Gasteiger partial charge is 0.137 e. The average Bonchev–Trinajstić information content (AvgIpc) is 2.39. The molecule has 0 saturated heterocycles. The van der Waals surface area contributed by atoms with E-state index in [1.807, 2.05) is 6.92 Å². The molecule has 6 heteroatoms. The summed E-state index contributed by atoms with van der Waals surface area (Å²) < 4.78 is 5.33. The highest BCUT2D eigenvalue weighted by molar-refractivity contribution is 6.34. The monoisotopic (exact) mass is 298 g/mol. The van der Waals surface area contributed by atoms with Crippen molar-refractivity contribution in [3.63, 3.8) is 0 Å². The van der Waals surface area contributed by atoms with Crippen molar-refractivity contribution in [3.05, 3.63) is 52.0 Å². The lowest BCUT2D eigenvalue weighted by molar-refractivity contribution is 0.214. The lowest BCUT2D eigenvalue weighted by Gasteiger charge is -2.13. The predicted molar refractivity (Wildman–Crippen MR) is 73.7 cm³/mol. The molecule has 2 aromatic rings. The van der Waals surface area contributed by atoms with E-state index >= 15 is 0 Å². The minimum absolute atomic E-state index is 0.307. The molecule has 0 spiro atoms. The summed E-state index contributed by atoms with van der Waals surface area (Å²) >= 11 is 11.8. The van der Waals surface area contributed by atoms with Crippen LogP contribution in [0.15, 0.2) is 30.7 Å². The van der Waals surface area contributed by atoms with Crippen LogP contribution in [-0.2, 0) is 0 Å². The van der Waals surface area contributed by atoms with Gasteiger partial charge in [-0.2, -0.15) is 0 Å². The van der Waals surface area contributed by atoms with Gasteiger partial charge >= 0.3 is 0 Å². The van der Waals surface area contributed by atoms with Crippen LogP contribution in [0.5, 0.6) is 5.75 Å². The molecule has 2 heterocycles. The minimum Gasteiger partial charge on any atom is -0.492 e. The third kappa shape index (κ3) is 3.35. The van der Waals surface area contributed by atoms with Crippen molar-refractivity contribution in [1.29, 1.82) is 0 Å². The van der Waals surface area contributed by atoms with Crippen LogP contribution < -0.4 is 4.74 Å². The van der Waals surface area contributed by atoms with E-state index in [0.29, 0.717) is 33.7 Å². The molecule has 100 valence electrons. The maximum atomic E-state index is 10.3. The fraction of sp³-hybridized carbons (Fsp3) is 0.231. The second-order valence-corrected chi connectivity index (χ2v) is 4.65. The molecule has 0 aliphatic rings. The fourth-order valence-corrected chi connectivity index (χ4v) is 2.10. The van der Waals surface area contributed by atoms with Gasteiger partial charge in [-0.3, -0.25) is 9.97 Å². The lowest BCUT2D eigenvalue weighted by Crippen LogP contribution is -2.04. The highest BCUT2D eigenvalue weighted by Crippen LogP contribution is 2.29. The SMILES string of the molecule is CCOc1cncc(C(O)c2ncc(Cl)cc2Cl)c1. The first-order chi connectivity index (χ1) is 9.11. The predicted octanol–water partition coefficient (Wildman–Crippen LogP) is 3.26. The standard InChI is InChI=1S/C13H12Cl2N2O2/c1-2-19-10-3-8(5-16-7-10)13(18)12-11(15)4-9(14)6-17-12/h3-7,13,18H,2H2,1H3. The molecule has 19 heavy (non-hydrogen) atoms. The molecular weight excluding hydrogens is 287 g/mol. The number of halogens is 2. The summed E-state index contributed by atoms with van der Waals surface area (Å²) in [7, 11) is 0. The molecule has 0 fully saturated rings. The molecule has 0 bridgehead atoms. The van der Waals surface area contributed by atoms with Gasteiger partial charge in [0, 0.05) is 18.0 Å². The first-order valence-corrected chi connectivity index (χ1v) is 6.44.